The average molecular weight is 311 g/mol. The number of thiophene rings is 1. The predicted molar refractivity (Wildman–Crippen MR) is 81.6 cm³/mol. The van der Waals surface area contributed by atoms with Gasteiger partial charge in [0.25, 0.3) is 0 Å². The number of nitrogens with one attached hydrogen (secondary N) is 2. The van der Waals surface area contributed by atoms with E-state index in [4.69, 9.17) is 0 Å². The van der Waals surface area contributed by atoms with Crippen molar-refractivity contribution in [2.75, 3.05) is 12.4 Å². The van der Waals surface area contributed by atoms with Gasteiger partial charge in [-0.3, -0.25) is 0 Å². The molecule has 0 aliphatic heterocycles. The Labute approximate surface area is 123 Å². The van der Waals surface area contributed by atoms with Crippen LogP contribution in [-0.4, -0.2) is 26.5 Å². The van der Waals surface area contributed by atoms with E-state index in [1.807, 2.05) is 24.4 Å². The quantitative estimate of drug-likeness (QED) is 0.857. The van der Waals surface area contributed by atoms with Gasteiger partial charge in [0.05, 0.1) is 4.90 Å². The average Bonchev–Trinajstić information content (AvgIpc) is 2.91. The largest absolute Gasteiger partial charge is 0.373 e. The molecule has 1 atom stereocenters. The van der Waals surface area contributed by atoms with E-state index in [1.54, 1.807) is 18.4 Å². The van der Waals surface area contributed by atoms with Crippen molar-refractivity contribution < 1.29 is 8.42 Å². The first kappa shape index (κ1) is 15.0. The lowest BCUT2D eigenvalue weighted by atomic mass is 10.2. The van der Waals surface area contributed by atoms with Crippen molar-refractivity contribution in [1.82, 2.24) is 9.71 Å². The summed E-state index contributed by atoms with van der Waals surface area (Å²) in [6.45, 7) is 1.86. The first-order valence-electron chi connectivity index (χ1n) is 6.20. The van der Waals surface area contributed by atoms with Crippen LogP contribution in [0.1, 0.15) is 11.8 Å². The summed E-state index contributed by atoms with van der Waals surface area (Å²) in [5, 5.41) is 4.81. The van der Waals surface area contributed by atoms with Crippen LogP contribution < -0.4 is 10.0 Å². The molecule has 0 aliphatic rings. The van der Waals surface area contributed by atoms with Crippen LogP contribution in [0.25, 0.3) is 0 Å². The summed E-state index contributed by atoms with van der Waals surface area (Å²) >= 11 is 1.62. The fourth-order valence-corrected chi connectivity index (χ4v) is 3.91. The number of pyridine rings is 1. The second-order valence-corrected chi connectivity index (χ2v) is 7.18. The van der Waals surface area contributed by atoms with E-state index in [0.717, 1.165) is 4.88 Å². The van der Waals surface area contributed by atoms with Gasteiger partial charge < -0.3 is 5.32 Å². The third kappa shape index (κ3) is 3.78. The van der Waals surface area contributed by atoms with Gasteiger partial charge >= 0.3 is 0 Å². The number of anilines is 1. The molecule has 2 aromatic rings. The first-order valence-corrected chi connectivity index (χ1v) is 8.56. The highest BCUT2D eigenvalue weighted by Crippen LogP contribution is 2.15. The van der Waals surface area contributed by atoms with Gasteiger partial charge in [0.1, 0.15) is 5.82 Å². The number of aromatic nitrogens is 1. The van der Waals surface area contributed by atoms with Gasteiger partial charge in [-0.1, -0.05) is 6.07 Å². The molecule has 2 aromatic heterocycles. The van der Waals surface area contributed by atoms with Gasteiger partial charge in [0.2, 0.25) is 10.0 Å². The predicted octanol–water partition coefficient (Wildman–Crippen LogP) is 2.09. The SMILES string of the molecule is CNc1cc(S(=O)(=O)NC(C)Cc2cccs2)ccn1. The monoisotopic (exact) mass is 311 g/mol. The van der Waals surface area contributed by atoms with Gasteiger partial charge in [-0.15, -0.1) is 11.3 Å². The van der Waals surface area contributed by atoms with Gasteiger partial charge in [0, 0.05) is 30.2 Å². The molecule has 0 amide bonds. The maximum atomic E-state index is 12.3. The van der Waals surface area contributed by atoms with E-state index in [-0.39, 0.29) is 10.9 Å². The molecule has 2 N–H and O–H groups in total. The van der Waals surface area contributed by atoms with E-state index >= 15 is 0 Å². The third-order valence-electron chi connectivity index (χ3n) is 2.74. The Morgan fingerprint density at radius 3 is 2.85 bits per heavy atom. The van der Waals surface area contributed by atoms with Crippen LogP contribution in [0.15, 0.2) is 40.7 Å². The molecule has 2 rings (SSSR count). The van der Waals surface area contributed by atoms with Crippen molar-refractivity contribution in [2.24, 2.45) is 0 Å². The van der Waals surface area contributed by atoms with Crippen LogP contribution in [0, 0.1) is 0 Å². The highest BCUT2D eigenvalue weighted by atomic mass is 32.2. The number of hydrogen-bond acceptors (Lipinski definition) is 5. The summed E-state index contributed by atoms with van der Waals surface area (Å²) in [6.07, 6.45) is 2.16. The molecular formula is C13H17N3O2S2. The summed E-state index contributed by atoms with van der Waals surface area (Å²) in [6, 6.07) is 6.80. The maximum Gasteiger partial charge on any atom is 0.241 e. The zero-order chi connectivity index (χ0) is 14.6. The van der Waals surface area contributed by atoms with E-state index < -0.39 is 10.0 Å². The lowest BCUT2D eigenvalue weighted by Crippen LogP contribution is -2.34. The van der Waals surface area contributed by atoms with Crippen LogP contribution in [0.5, 0.6) is 0 Å². The molecule has 0 spiro atoms. The Bertz CT molecular complexity index is 654. The smallest absolute Gasteiger partial charge is 0.241 e. The van der Waals surface area contributed by atoms with Crippen LogP contribution >= 0.6 is 11.3 Å². The minimum Gasteiger partial charge on any atom is -0.373 e. The van der Waals surface area contributed by atoms with E-state index in [1.165, 1.54) is 18.3 Å². The Kier molecular flexibility index (Phi) is 4.74. The fourth-order valence-electron chi connectivity index (χ4n) is 1.82. The molecule has 7 heteroatoms. The Morgan fingerprint density at radius 1 is 1.40 bits per heavy atom. The van der Waals surface area contributed by atoms with Crippen molar-refractivity contribution >= 4 is 27.2 Å². The lowest BCUT2D eigenvalue weighted by molar-refractivity contribution is 0.560. The van der Waals surface area contributed by atoms with Gasteiger partial charge in [-0.05, 0) is 30.9 Å². The van der Waals surface area contributed by atoms with Crippen molar-refractivity contribution in [3.05, 3.63) is 40.7 Å². The van der Waals surface area contributed by atoms with Crippen LogP contribution in [0.3, 0.4) is 0 Å². The van der Waals surface area contributed by atoms with E-state index in [9.17, 15) is 8.42 Å². The molecule has 0 saturated carbocycles. The second-order valence-electron chi connectivity index (χ2n) is 4.43. The van der Waals surface area contributed by atoms with Crippen molar-refractivity contribution in [3.63, 3.8) is 0 Å². The molecule has 20 heavy (non-hydrogen) atoms. The Balaban J connectivity index is 2.10. The minimum atomic E-state index is -3.52. The molecular weight excluding hydrogens is 294 g/mol. The summed E-state index contributed by atoms with van der Waals surface area (Å²) < 4.78 is 27.2. The number of hydrogen-bond donors (Lipinski definition) is 2. The summed E-state index contributed by atoms with van der Waals surface area (Å²) in [5.74, 6) is 0.527. The zero-order valence-corrected chi connectivity index (χ0v) is 13.0. The topological polar surface area (TPSA) is 71.1 Å². The molecule has 2 heterocycles. The van der Waals surface area contributed by atoms with Crippen LogP contribution in [0.2, 0.25) is 0 Å². The van der Waals surface area contributed by atoms with Crippen molar-refractivity contribution in [3.8, 4) is 0 Å². The standard InChI is InChI=1S/C13H17N3O2S2/c1-10(8-11-4-3-7-19-11)16-20(17,18)12-5-6-15-13(9-12)14-2/h3-7,9-10,16H,8H2,1-2H3,(H,14,15). The zero-order valence-electron chi connectivity index (χ0n) is 11.3. The lowest BCUT2D eigenvalue weighted by Gasteiger charge is -2.13. The fraction of sp³-hybridized carbons (Fsp3) is 0.308. The van der Waals surface area contributed by atoms with Crippen molar-refractivity contribution in [1.29, 1.82) is 0 Å². The molecule has 0 bridgehead atoms. The molecule has 0 saturated heterocycles. The summed E-state index contributed by atoms with van der Waals surface area (Å²) in [5.41, 5.74) is 0. The Morgan fingerprint density at radius 2 is 2.20 bits per heavy atom. The molecule has 0 aromatic carbocycles. The van der Waals surface area contributed by atoms with E-state index in [0.29, 0.717) is 12.2 Å². The second kappa shape index (κ2) is 6.34. The molecule has 5 nitrogen and oxygen atoms in total. The first-order chi connectivity index (χ1) is 9.51. The normalized spacial score (nSPS) is 13.1. The van der Waals surface area contributed by atoms with Gasteiger partial charge in [-0.2, -0.15) is 0 Å². The maximum absolute atomic E-state index is 12.3. The number of rotatable bonds is 6. The molecule has 0 radical (unpaired) electrons. The molecule has 0 fully saturated rings. The highest BCUT2D eigenvalue weighted by Gasteiger charge is 2.18. The number of sulfonamides is 1. The molecule has 0 aliphatic carbocycles. The van der Waals surface area contributed by atoms with Crippen molar-refractivity contribution in [2.45, 2.75) is 24.3 Å². The molecule has 1 unspecified atom stereocenters. The summed E-state index contributed by atoms with van der Waals surface area (Å²) in [4.78, 5) is 5.39. The van der Waals surface area contributed by atoms with Gasteiger partial charge in [0.15, 0.2) is 0 Å². The summed E-state index contributed by atoms with van der Waals surface area (Å²) in [7, 11) is -1.82. The minimum absolute atomic E-state index is 0.162. The third-order valence-corrected chi connectivity index (χ3v) is 5.23. The molecule has 108 valence electrons. The van der Waals surface area contributed by atoms with Gasteiger partial charge in [-0.25, -0.2) is 18.1 Å². The van der Waals surface area contributed by atoms with Crippen LogP contribution in [0.4, 0.5) is 5.82 Å². The number of nitrogens with zero attached hydrogens (tertiary/aromatic N) is 1. The van der Waals surface area contributed by atoms with E-state index in [2.05, 4.69) is 15.0 Å². The van der Waals surface area contributed by atoms with Crippen LogP contribution in [-0.2, 0) is 16.4 Å². The Hall–Kier alpha value is -1.44. The highest BCUT2D eigenvalue weighted by molar-refractivity contribution is 7.89.